The van der Waals surface area contributed by atoms with Crippen LogP contribution < -0.4 is 0 Å². The second-order valence-electron chi connectivity index (χ2n) is 7.93. The van der Waals surface area contributed by atoms with Crippen LogP contribution in [0.25, 0.3) is 11.5 Å². The number of nitrogens with zero attached hydrogens (tertiary/aromatic N) is 3. The number of amides is 1. The maximum absolute atomic E-state index is 13.4. The van der Waals surface area contributed by atoms with Gasteiger partial charge < -0.3 is 23.8 Å². The lowest BCUT2D eigenvalue weighted by Crippen LogP contribution is -2.33. The van der Waals surface area contributed by atoms with Gasteiger partial charge >= 0.3 is 5.97 Å². The van der Waals surface area contributed by atoms with E-state index in [9.17, 15) is 9.59 Å². The summed E-state index contributed by atoms with van der Waals surface area (Å²) in [5.41, 5.74) is 2.60. The number of hydrogen-bond acceptors (Lipinski definition) is 7. The molecule has 0 atom stereocenters. The van der Waals surface area contributed by atoms with E-state index < -0.39 is 5.97 Å². The molecule has 2 aromatic heterocycles. The number of carbonyl (C=O) groups is 2. The van der Waals surface area contributed by atoms with E-state index in [0.717, 1.165) is 18.4 Å². The number of aryl methyl sites for hydroxylation is 1. The Morgan fingerprint density at radius 2 is 1.91 bits per heavy atom. The molecule has 0 spiro atoms. The number of benzene rings is 1. The lowest BCUT2D eigenvalue weighted by Gasteiger charge is -2.20. The van der Waals surface area contributed by atoms with Crippen LogP contribution in [0.2, 0.25) is 5.02 Å². The standard InChI is InChI=1S/C23H25ClN4O5/c1-13-19(23(30)32-11-10-31-3)14(2)25-20(13)22(29)28(17-8-9-17)12-18-26-27-21(33-18)15-4-6-16(24)7-5-15/h4-7,17,25H,8-12H2,1-3H3. The van der Waals surface area contributed by atoms with Crippen molar-refractivity contribution in [2.24, 2.45) is 0 Å². The topological polar surface area (TPSA) is 111 Å². The number of hydrogen-bond donors (Lipinski definition) is 1. The third-order valence-electron chi connectivity index (χ3n) is 5.49. The van der Waals surface area contributed by atoms with Gasteiger partial charge in [-0.25, -0.2) is 4.79 Å². The fourth-order valence-corrected chi connectivity index (χ4v) is 3.75. The Kier molecular flexibility index (Phi) is 6.80. The Bertz CT molecular complexity index is 1150. The predicted octanol–water partition coefficient (Wildman–Crippen LogP) is 3.94. The number of H-pyrrole nitrogens is 1. The molecule has 1 saturated carbocycles. The molecule has 9 nitrogen and oxygen atoms in total. The van der Waals surface area contributed by atoms with Gasteiger partial charge in [-0.3, -0.25) is 4.79 Å². The summed E-state index contributed by atoms with van der Waals surface area (Å²) < 4.78 is 16.0. The van der Waals surface area contributed by atoms with Gasteiger partial charge in [0.2, 0.25) is 11.8 Å². The first kappa shape index (κ1) is 23.0. The van der Waals surface area contributed by atoms with Crippen LogP contribution in [0.4, 0.5) is 0 Å². The normalized spacial score (nSPS) is 13.2. The fraction of sp³-hybridized carbons (Fsp3) is 0.391. The molecule has 1 N–H and O–H groups in total. The van der Waals surface area contributed by atoms with Crippen molar-refractivity contribution in [2.45, 2.75) is 39.3 Å². The second kappa shape index (κ2) is 9.76. The minimum atomic E-state index is -0.486. The zero-order valence-electron chi connectivity index (χ0n) is 18.7. The van der Waals surface area contributed by atoms with Crippen molar-refractivity contribution in [1.82, 2.24) is 20.1 Å². The minimum absolute atomic E-state index is 0.0866. The number of aromatic nitrogens is 3. The van der Waals surface area contributed by atoms with Crippen molar-refractivity contribution in [1.29, 1.82) is 0 Å². The molecule has 1 amide bonds. The zero-order chi connectivity index (χ0) is 23.5. The molecule has 1 fully saturated rings. The van der Waals surface area contributed by atoms with E-state index in [1.165, 1.54) is 7.11 Å². The molecule has 10 heteroatoms. The third-order valence-corrected chi connectivity index (χ3v) is 5.74. The number of nitrogens with one attached hydrogen (secondary N) is 1. The van der Waals surface area contributed by atoms with E-state index in [4.69, 9.17) is 25.5 Å². The van der Waals surface area contributed by atoms with Crippen molar-refractivity contribution in [3.8, 4) is 11.5 Å². The van der Waals surface area contributed by atoms with Gasteiger partial charge in [-0.15, -0.1) is 10.2 Å². The smallest absolute Gasteiger partial charge is 0.340 e. The van der Waals surface area contributed by atoms with Crippen molar-refractivity contribution in [3.63, 3.8) is 0 Å². The van der Waals surface area contributed by atoms with Gasteiger partial charge in [-0.1, -0.05) is 11.6 Å². The highest BCUT2D eigenvalue weighted by atomic mass is 35.5. The van der Waals surface area contributed by atoms with Crippen molar-refractivity contribution >= 4 is 23.5 Å². The average Bonchev–Trinajstić information content (AvgIpc) is 3.45. The van der Waals surface area contributed by atoms with Crippen molar-refractivity contribution in [3.05, 3.63) is 57.7 Å². The summed E-state index contributed by atoms with van der Waals surface area (Å²) in [5, 5.41) is 8.83. The molecule has 1 aliphatic carbocycles. The highest BCUT2D eigenvalue weighted by molar-refractivity contribution is 6.30. The summed E-state index contributed by atoms with van der Waals surface area (Å²) in [4.78, 5) is 30.7. The molecule has 2 heterocycles. The molecule has 0 bridgehead atoms. The lowest BCUT2D eigenvalue weighted by atomic mass is 10.1. The number of methoxy groups -OCH3 is 1. The van der Waals surface area contributed by atoms with Gasteiger partial charge in [0.25, 0.3) is 5.91 Å². The quantitative estimate of drug-likeness (QED) is 0.371. The molecule has 1 aromatic carbocycles. The average molecular weight is 473 g/mol. The number of halogens is 1. The monoisotopic (exact) mass is 472 g/mol. The summed E-state index contributed by atoms with van der Waals surface area (Å²) in [6.07, 6.45) is 1.79. The Labute approximate surface area is 196 Å². The molecule has 0 aliphatic heterocycles. The zero-order valence-corrected chi connectivity index (χ0v) is 19.4. The highest BCUT2D eigenvalue weighted by Crippen LogP contribution is 2.31. The second-order valence-corrected chi connectivity index (χ2v) is 8.36. The van der Waals surface area contributed by atoms with Crippen molar-refractivity contribution in [2.75, 3.05) is 20.3 Å². The molecule has 0 unspecified atom stereocenters. The number of rotatable bonds is 9. The first-order valence-corrected chi connectivity index (χ1v) is 11.0. The summed E-state index contributed by atoms with van der Waals surface area (Å²) in [6.45, 7) is 4.10. The molecule has 1 aliphatic rings. The Morgan fingerprint density at radius 3 is 2.58 bits per heavy atom. The molecule has 0 radical (unpaired) electrons. The molecule has 4 rings (SSSR count). The summed E-state index contributed by atoms with van der Waals surface area (Å²) in [6, 6.07) is 7.16. The summed E-state index contributed by atoms with van der Waals surface area (Å²) in [7, 11) is 1.53. The molecule has 174 valence electrons. The van der Waals surface area contributed by atoms with Gasteiger partial charge in [-0.2, -0.15) is 0 Å². The first-order chi connectivity index (χ1) is 15.9. The lowest BCUT2D eigenvalue weighted by molar-refractivity contribution is 0.0386. The van der Waals surface area contributed by atoms with Crippen LogP contribution in [0.5, 0.6) is 0 Å². The Balaban J connectivity index is 1.52. The molecule has 0 saturated heterocycles. The summed E-state index contributed by atoms with van der Waals surface area (Å²) in [5.74, 6) is -0.0155. The van der Waals surface area contributed by atoms with Gasteiger partial charge in [0.05, 0.1) is 18.7 Å². The SMILES string of the molecule is COCCOC(=O)c1c(C)[nH]c(C(=O)N(Cc2nnc(-c3ccc(Cl)cc3)o2)C2CC2)c1C. The highest BCUT2D eigenvalue weighted by Gasteiger charge is 2.36. The van der Waals surface area contributed by atoms with Crippen LogP contribution in [0.3, 0.4) is 0 Å². The maximum atomic E-state index is 13.4. The number of ether oxygens (including phenoxy) is 2. The first-order valence-electron chi connectivity index (χ1n) is 10.6. The van der Waals surface area contributed by atoms with Gasteiger partial charge in [0.15, 0.2) is 0 Å². The van der Waals surface area contributed by atoms with Crippen LogP contribution in [0.1, 0.15) is 50.8 Å². The Hall–Kier alpha value is -3.17. The van der Waals surface area contributed by atoms with E-state index in [1.807, 2.05) is 0 Å². The number of carbonyl (C=O) groups excluding carboxylic acids is 2. The van der Waals surface area contributed by atoms with Gasteiger partial charge in [0.1, 0.15) is 12.3 Å². The fourth-order valence-electron chi connectivity index (χ4n) is 3.63. The van der Waals surface area contributed by atoms with Crippen LogP contribution in [-0.2, 0) is 16.0 Å². The van der Waals surface area contributed by atoms with E-state index in [1.54, 1.807) is 43.0 Å². The van der Waals surface area contributed by atoms with Crippen LogP contribution in [0, 0.1) is 13.8 Å². The van der Waals surface area contributed by atoms with Crippen LogP contribution in [-0.4, -0.2) is 58.3 Å². The molecular formula is C23H25ClN4O5. The van der Waals surface area contributed by atoms with Gasteiger partial charge in [-0.05, 0) is 56.5 Å². The predicted molar refractivity (Wildman–Crippen MR) is 120 cm³/mol. The number of aromatic amines is 1. The van der Waals surface area contributed by atoms with Crippen LogP contribution >= 0.6 is 11.6 Å². The molecule has 33 heavy (non-hydrogen) atoms. The third kappa shape index (κ3) is 5.09. The largest absolute Gasteiger partial charge is 0.460 e. The minimum Gasteiger partial charge on any atom is -0.460 e. The maximum Gasteiger partial charge on any atom is 0.340 e. The van der Waals surface area contributed by atoms with E-state index in [-0.39, 0.29) is 25.1 Å². The van der Waals surface area contributed by atoms with E-state index in [0.29, 0.717) is 45.9 Å². The Morgan fingerprint density at radius 1 is 1.18 bits per heavy atom. The van der Waals surface area contributed by atoms with Crippen LogP contribution in [0.15, 0.2) is 28.7 Å². The van der Waals surface area contributed by atoms with Gasteiger partial charge in [0, 0.05) is 29.4 Å². The summed E-state index contributed by atoms with van der Waals surface area (Å²) >= 11 is 5.94. The van der Waals surface area contributed by atoms with E-state index in [2.05, 4.69) is 15.2 Å². The van der Waals surface area contributed by atoms with E-state index >= 15 is 0 Å². The number of esters is 1. The molecular weight excluding hydrogens is 448 g/mol. The van der Waals surface area contributed by atoms with Crippen molar-refractivity contribution < 1.29 is 23.5 Å². The molecule has 3 aromatic rings.